The lowest BCUT2D eigenvalue weighted by Crippen LogP contribution is -2.26. The van der Waals surface area contributed by atoms with Crippen molar-refractivity contribution in [2.45, 2.75) is 12.8 Å². The molecule has 0 aliphatic rings. The Morgan fingerprint density at radius 3 is 2.60 bits per heavy atom. The minimum Gasteiger partial charge on any atom is -0.481 e. The van der Waals surface area contributed by atoms with E-state index >= 15 is 0 Å². The molecule has 3 rings (SSSR count). The number of thiophene rings is 1. The summed E-state index contributed by atoms with van der Waals surface area (Å²) >= 11 is 1.49. The molecular formula is C18H15FN2O3S. The summed E-state index contributed by atoms with van der Waals surface area (Å²) in [6.45, 7) is 0. The van der Waals surface area contributed by atoms with Crippen LogP contribution in [0, 0.1) is 5.82 Å². The molecule has 128 valence electrons. The van der Waals surface area contributed by atoms with Gasteiger partial charge in [0.1, 0.15) is 5.82 Å². The Bertz CT molecular complexity index is 903. The van der Waals surface area contributed by atoms with Crippen molar-refractivity contribution in [3.05, 3.63) is 71.0 Å². The van der Waals surface area contributed by atoms with Crippen LogP contribution in [0.4, 0.5) is 4.39 Å². The molecule has 7 heteroatoms. The number of nitrogens with one attached hydrogen (secondary N) is 1. The third-order valence-electron chi connectivity index (χ3n) is 3.66. The average molecular weight is 358 g/mol. The minimum atomic E-state index is -0.925. The molecule has 25 heavy (non-hydrogen) atoms. The zero-order valence-electron chi connectivity index (χ0n) is 13.1. The number of halogens is 1. The Labute approximate surface area is 147 Å². The van der Waals surface area contributed by atoms with Crippen molar-refractivity contribution in [2.75, 3.05) is 5.43 Å². The molecule has 0 saturated heterocycles. The van der Waals surface area contributed by atoms with Gasteiger partial charge in [-0.15, -0.1) is 11.3 Å². The second-order valence-electron chi connectivity index (χ2n) is 5.34. The van der Waals surface area contributed by atoms with Crippen LogP contribution in [0.2, 0.25) is 0 Å². The topological polar surface area (TPSA) is 71.3 Å². The summed E-state index contributed by atoms with van der Waals surface area (Å²) in [5.74, 6) is -2.13. The Morgan fingerprint density at radius 2 is 1.92 bits per heavy atom. The number of amides is 1. The van der Waals surface area contributed by atoms with Gasteiger partial charge in [0.2, 0.25) is 0 Å². The maximum Gasteiger partial charge on any atom is 0.303 e. The summed E-state index contributed by atoms with van der Waals surface area (Å²) in [6, 6.07) is 13.1. The molecule has 0 fully saturated rings. The molecule has 2 N–H and O–H groups in total. The van der Waals surface area contributed by atoms with Gasteiger partial charge in [0.15, 0.2) is 0 Å². The number of benzene rings is 1. The fourth-order valence-electron chi connectivity index (χ4n) is 2.46. The molecule has 1 amide bonds. The molecule has 0 spiro atoms. The molecule has 5 nitrogen and oxygen atoms in total. The van der Waals surface area contributed by atoms with Crippen LogP contribution in [0.3, 0.4) is 0 Å². The van der Waals surface area contributed by atoms with Crippen molar-refractivity contribution in [1.29, 1.82) is 0 Å². The zero-order chi connectivity index (χ0) is 17.8. The van der Waals surface area contributed by atoms with Crippen LogP contribution in [-0.2, 0) is 11.2 Å². The maximum absolute atomic E-state index is 13.9. The molecule has 1 aromatic carbocycles. The van der Waals surface area contributed by atoms with Crippen LogP contribution in [0.5, 0.6) is 0 Å². The van der Waals surface area contributed by atoms with Gasteiger partial charge in [0, 0.05) is 12.1 Å². The summed E-state index contributed by atoms with van der Waals surface area (Å²) < 4.78 is 15.4. The third-order valence-corrected chi connectivity index (χ3v) is 4.55. The lowest BCUT2D eigenvalue weighted by molar-refractivity contribution is -0.136. The van der Waals surface area contributed by atoms with Gasteiger partial charge in [-0.05, 0) is 35.7 Å². The highest BCUT2D eigenvalue weighted by atomic mass is 32.1. The number of aliphatic carboxylic acids is 1. The highest BCUT2D eigenvalue weighted by Crippen LogP contribution is 2.27. The second kappa shape index (κ2) is 7.31. The number of carboxylic acid groups (broad SMARTS) is 1. The average Bonchev–Trinajstić information content (AvgIpc) is 3.23. The SMILES string of the molecule is O=C(O)CCc1ccc(-c2cccs2)n1NC(=O)c1ccccc1F. The minimum absolute atomic E-state index is 0.0660. The van der Waals surface area contributed by atoms with Crippen LogP contribution in [0.25, 0.3) is 10.6 Å². The fraction of sp³-hybridized carbons (Fsp3) is 0.111. The van der Waals surface area contributed by atoms with Crippen molar-refractivity contribution in [3.8, 4) is 10.6 Å². The number of nitrogens with zero attached hydrogens (tertiary/aromatic N) is 1. The van der Waals surface area contributed by atoms with Gasteiger partial charge in [-0.1, -0.05) is 18.2 Å². The highest BCUT2D eigenvalue weighted by Gasteiger charge is 2.17. The lowest BCUT2D eigenvalue weighted by atomic mass is 10.2. The van der Waals surface area contributed by atoms with Crippen molar-refractivity contribution in [1.82, 2.24) is 4.68 Å². The predicted octanol–water partition coefficient (Wildman–Crippen LogP) is 3.76. The molecular weight excluding hydrogens is 343 g/mol. The van der Waals surface area contributed by atoms with Crippen molar-refractivity contribution in [2.24, 2.45) is 0 Å². The number of hydrogen-bond donors (Lipinski definition) is 2. The van der Waals surface area contributed by atoms with Crippen molar-refractivity contribution >= 4 is 23.2 Å². The summed E-state index contributed by atoms with van der Waals surface area (Å²) in [4.78, 5) is 24.2. The first-order valence-electron chi connectivity index (χ1n) is 7.58. The van der Waals surface area contributed by atoms with Gasteiger partial charge in [0.25, 0.3) is 5.91 Å². The largest absolute Gasteiger partial charge is 0.481 e. The van der Waals surface area contributed by atoms with Gasteiger partial charge in [-0.3, -0.25) is 19.7 Å². The monoisotopic (exact) mass is 358 g/mol. The van der Waals surface area contributed by atoms with Crippen LogP contribution in [-0.4, -0.2) is 21.7 Å². The summed E-state index contributed by atoms with van der Waals surface area (Å²) in [6.07, 6.45) is 0.182. The summed E-state index contributed by atoms with van der Waals surface area (Å²) in [5.41, 5.74) is 3.97. The summed E-state index contributed by atoms with van der Waals surface area (Å²) in [5, 5.41) is 10.8. The normalized spacial score (nSPS) is 10.6. The molecule has 0 aliphatic heterocycles. The molecule has 0 radical (unpaired) electrons. The fourth-order valence-corrected chi connectivity index (χ4v) is 3.21. The first-order valence-corrected chi connectivity index (χ1v) is 8.46. The first kappa shape index (κ1) is 16.9. The summed E-state index contributed by atoms with van der Waals surface area (Å²) in [7, 11) is 0. The number of carbonyl (C=O) groups excluding carboxylic acids is 1. The quantitative estimate of drug-likeness (QED) is 0.705. The van der Waals surface area contributed by atoms with Crippen LogP contribution >= 0.6 is 11.3 Å². The maximum atomic E-state index is 13.9. The van der Waals surface area contributed by atoms with Gasteiger partial charge in [-0.25, -0.2) is 4.39 Å². The van der Waals surface area contributed by atoms with E-state index in [1.54, 1.807) is 12.1 Å². The molecule has 3 aromatic rings. The van der Waals surface area contributed by atoms with E-state index < -0.39 is 17.7 Å². The lowest BCUT2D eigenvalue weighted by Gasteiger charge is -2.14. The van der Waals surface area contributed by atoms with Gasteiger partial charge in [-0.2, -0.15) is 0 Å². The number of carboxylic acids is 1. The molecule has 0 atom stereocenters. The van der Waals surface area contributed by atoms with Crippen LogP contribution in [0.1, 0.15) is 22.5 Å². The number of aromatic nitrogens is 1. The van der Waals surface area contributed by atoms with Gasteiger partial charge < -0.3 is 5.11 Å². The van der Waals surface area contributed by atoms with E-state index in [1.165, 1.54) is 34.2 Å². The Hall–Kier alpha value is -2.93. The van der Waals surface area contributed by atoms with E-state index in [1.807, 2.05) is 23.6 Å². The molecule has 0 unspecified atom stereocenters. The zero-order valence-corrected chi connectivity index (χ0v) is 13.9. The standard InChI is InChI=1S/C18H15FN2O3S/c19-14-5-2-1-4-13(14)18(24)20-21-12(8-10-17(22)23)7-9-15(21)16-6-3-11-25-16/h1-7,9,11H,8,10H2,(H,20,24)(H,22,23). The smallest absolute Gasteiger partial charge is 0.303 e. The molecule has 0 saturated carbocycles. The molecule has 0 bridgehead atoms. The molecule has 2 heterocycles. The van der Waals surface area contributed by atoms with E-state index in [-0.39, 0.29) is 18.4 Å². The van der Waals surface area contributed by atoms with E-state index in [0.717, 1.165) is 10.6 Å². The van der Waals surface area contributed by atoms with E-state index in [4.69, 9.17) is 5.11 Å². The number of carbonyl (C=O) groups is 2. The van der Waals surface area contributed by atoms with Crippen LogP contribution in [0.15, 0.2) is 53.9 Å². The number of hydrogen-bond acceptors (Lipinski definition) is 3. The van der Waals surface area contributed by atoms with Gasteiger partial charge >= 0.3 is 5.97 Å². The molecule has 2 aromatic heterocycles. The first-order chi connectivity index (χ1) is 12.1. The second-order valence-corrected chi connectivity index (χ2v) is 6.28. The third kappa shape index (κ3) is 3.77. The van der Waals surface area contributed by atoms with Crippen molar-refractivity contribution in [3.63, 3.8) is 0 Å². The van der Waals surface area contributed by atoms with E-state index in [9.17, 15) is 14.0 Å². The Morgan fingerprint density at radius 1 is 1.12 bits per heavy atom. The van der Waals surface area contributed by atoms with Crippen molar-refractivity contribution < 1.29 is 19.1 Å². The predicted molar refractivity (Wildman–Crippen MR) is 93.8 cm³/mol. The Kier molecular flexibility index (Phi) is 4.95. The number of rotatable bonds is 6. The van der Waals surface area contributed by atoms with Crippen LogP contribution < -0.4 is 5.43 Å². The van der Waals surface area contributed by atoms with Gasteiger partial charge in [0.05, 0.1) is 22.6 Å². The van der Waals surface area contributed by atoms with E-state index in [0.29, 0.717) is 5.69 Å². The number of aryl methyl sites for hydroxylation is 1. The molecule has 0 aliphatic carbocycles. The van der Waals surface area contributed by atoms with E-state index in [2.05, 4.69) is 5.43 Å². The Balaban J connectivity index is 1.94. The highest BCUT2D eigenvalue weighted by molar-refractivity contribution is 7.13.